The molecule has 0 saturated carbocycles. The van der Waals surface area contributed by atoms with Gasteiger partial charge < -0.3 is 10.5 Å². The first-order valence-corrected chi connectivity index (χ1v) is 5.29. The Morgan fingerprint density at radius 1 is 1.71 bits per heavy atom. The minimum Gasteiger partial charge on any atom is -0.378 e. The number of amides is 1. The quantitative estimate of drug-likeness (QED) is 0.713. The molecular formula is C10H20N2O2. The van der Waals surface area contributed by atoms with Crippen LogP contribution in [0.4, 0.5) is 0 Å². The molecule has 14 heavy (non-hydrogen) atoms. The highest BCUT2D eigenvalue weighted by atomic mass is 16.5. The lowest BCUT2D eigenvalue weighted by Gasteiger charge is -2.37. The van der Waals surface area contributed by atoms with Gasteiger partial charge in [0.1, 0.15) is 6.04 Å². The Morgan fingerprint density at radius 2 is 2.43 bits per heavy atom. The van der Waals surface area contributed by atoms with Crippen LogP contribution in [0.3, 0.4) is 0 Å². The Labute approximate surface area is 85.4 Å². The molecule has 1 amide bonds. The molecule has 0 aliphatic carbocycles. The van der Waals surface area contributed by atoms with Crippen molar-refractivity contribution >= 4 is 5.91 Å². The standard InChI is InChI=1S/C10H20N2O2/c1-3-4-8(2)12-5-6-14-7-9(12)10(11)13/h8-9H,3-7H2,1-2H3,(H2,11,13)/t8-,9+/m0/s1. The van der Waals surface area contributed by atoms with Gasteiger partial charge in [-0.1, -0.05) is 13.3 Å². The van der Waals surface area contributed by atoms with E-state index < -0.39 is 0 Å². The predicted molar refractivity (Wildman–Crippen MR) is 54.9 cm³/mol. The van der Waals surface area contributed by atoms with Crippen molar-refractivity contribution < 1.29 is 9.53 Å². The average Bonchev–Trinajstić information content (AvgIpc) is 2.18. The van der Waals surface area contributed by atoms with Crippen LogP contribution >= 0.6 is 0 Å². The minimum atomic E-state index is -0.271. The molecule has 4 heteroatoms. The van der Waals surface area contributed by atoms with Crippen LogP contribution < -0.4 is 5.73 Å². The van der Waals surface area contributed by atoms with Gasteiger partial charge in [0.15, 0.2) is 0 Å². The molecule has 0 radical (unpaired) electrons. The van der Waals surface area contributed by atoms with Crippen molar-refractivity contribution in [1.29, 1.82) is 0 Å². The molecule has 0 aromatic heterocycles. The van der Waals surface area contributed by atoms with E-state index in [1.807, 2.05) is 0 Å². The monoisotopic (exact) mass is 200 g/mol. The highest BCUT2D eigenvalue weighted by molar-refractivity contribution is 5.80. The first-order valence-electron chi connectivity index (χ1n) is 5.29. The van der Waals surface area contributed by atoms with Crippen molar-refractivity contribution in [2.45, 2.75) is 38.8 Å². The highest BCUT2D eigenvalue weighted by Crippen LogP contribution is 2.14. The maximum atomic E-state index is 11.2. The molecule has 0 bridgehead atoms. The predicted octanol–water partition coefficient (Wildman–Crippen LogP) is 0.361. The fraction of sp³-hybridized carbons (Fsp3) is 0.900. The van der Waals surface area contributed by atoms with Crippen LogP contribution in [0.2, 0.25) is 0 Å². The van der Waals surface area contributed by atoms with Gasteiger partial charge in [0.25, 0.3) is 0 Å². The number of ether oxygens (including phenoxy) is 1. The smallest absolute Gasteiger partial charge is 0.237 e. The fourth-order valence-corrected chi connectivity index (χ4v) is 1.97. The normalized spacial score (nSPS) is 26.0. The molecule has 1 fully saturated rings. The first-order chi connectivity index (χ1) is 6.66. The van der Waals surface area contributed by atoms with Gasteiger partial charge in [-0.25, -0.2) is 0 Å². The zero-order valence-corrected chi connectivity index (χ0v) is 9.03. The Bertz CT molecular complexity index is 197. The van der Waals surface area contributed by atoms with E-state index in [2.05, 4.69) is 18.7 Å². The second kappa shape index (κ2) is 5.32. The van der Waals surface area contributed by atoms with Crippen LogP contribution in [0.5, 0.6) is 0 Å². The Hall–Kier alpha value is -0.610. The van der Waals surface area contributed by atoms with Gasteiger partial charge in [0, 0.05) is 12.6 Å². The minimum absolute atomic E-state index is 0.231. The van der Waals surface area contributed by atoms with E-state index in [0.717, 1.165) is 19.4 Å². The highest BCUT2D eigenvalue weighted by Gasteiger charge is 2.30. The van der Waals surface area contributed by atoms with Crippen LogP contribution in [-0.4, -0.2) is 42.6 Å². The van der Waals surface area contributed by atoms with E-state index in [4.69, 9.17) is 10.5 Å². The lowest BCUT2D eigenvalue weighted by Crippen LogP contribution is -2.55. The van der Waals surface area contributed by atoms with Gasteiger partial charge in [0.05, 0.1) is 13.2 Å². The molecule has 0 aromatic carbocycles. The third-order valence-corrected chi connectivity index (χ3v) is 2.77. The summed E-state index contributed by atoms with van der Waals surface area (Å²) in [6.45, 7) is 6.26. The molecule has 1 aliphatic rings. The molecule has 1 saturated heterocycles. The molecule has 1 aliphatic heterocycles. The summed E-state index contributed by atoms with van der Waals surface area (Å²) in [7, 11) is 0. The zero-order valence-electron chi connectivity index (χ0n) is 9.03. The number of carbonyl (C=O) groups is 1. The molecule has 0 aromatic rings. The number of hydrogen-bond donors (Lipinski definition) is 1. The topological polar surface area (TPSA) is 55.6 Å². The Morgan fingerprint density at radius 3 is 3.00 bits per heavy atom. The van der Waals surface area contributed by atoms with Crippen LogP contribution in [0.25, 0.3) is 0 Å². The van der Waals surface area contributed by atoms with Crippen LogP contribution in [-0.2, 0) is 9.53 Å². The van der Waals surface area contributed by atoms with E-state index in [1.165, 1.54) is 0 Å². The summed E-state index contributed by atoms with van der Waals surface area (Å²) in [6.07, 6.45) is 2.23. The molecule has 2 atom stereocenters. The van der Waals surface area contributed by atoms with Gasteiger partial charge >= 0.3 is 0 Å². The van der Waals surface area contributed by atoms with E-state index in [9.17, 15) is 4.79 Å². The number of morpholine rings is 1. The number of nitrogens with two attached hydrogens (primary N) is 1. The van der Waals surface area contributed by atoms with E-state index in [0.29, 0.717) is 19.3 Å². The van der Waals surface area contributed by atoms with Crippen molar-refractivity contribution in [2.24, 2.45) is 5.73 Å². The molecule has 4 nitrogen and oxygen atoms in total. The molecule has 1 heterocycles. The summed E-state index contributed by atoms with van der Waals surface area (Å²) >= 11 is 0. The zero-order chi connectivity index (χ0) is 10.6. The van der Waals surface area contributed by atoms with E-state index in [1.54, 1.807) is 0 Å². The van der Waals surface area contributed by atoms with E-state index >= 15 is 0 Å². The number of nitrogens with zero attached hydrogens (tertiary/aromatic N) is 1. The molecule has 2 N–H and O–H groups in total. The summed E-state index contributed by atoms with van der Waals surface area (Å²) in [5.74, 6) is -0.271. The summed E-state index contributed by atoms with van der Waals surface area (Å²) in [4.78, 5) is 13.3. The molecular weight excluding hydrogens is 180 g/mol. The Kier molecular flexibility index (Phi) is 4.35. The third-order valence-electron chi connectivity index (χ3n) is 2.77. The number of hydrogen-bond acceptors (Lipinski definition) is 3. The summed E-state index contributed by atoms with van der Waals surface area (Å²) < 4.78 is 5.26. The third kappa shape index (κ3) is 2.69. The SMILES string of the molecule is CCC[C@H](C)N1CCOC[C@@H]1C(N)=O. The van der Waals surface area contributed by atoms with Crippen molar-refractivity contribution in [3.63, 3.8) is 0 Å². The van der Waals surface area contributed by atoms with Crippen molar-refractivity contribution in [1.82, 2.24) is 4.90 Å². The van der Waals surface area contributed by atoms with Gasteiger partial charge in [-0.2, -0.15) is 0 Å². The van der Waals surface area contributed by atoms with Crippen molar-refractivity contribution in [3.05, 3.63) is 0 Å². The second-order valence-electron chi connectivity index (χ2n) is 3.87. The van der Waals surface area contributed by atoms with Gasteiger partial charge in [-0.05, 0) is 13.3 Å². The number of rotatable bonds is 4. The largest absolute Gasteiger partial charge is 0.378 e. The van der Waals surface area contributed by atoms with Crippen molar-refractivity contribution in [2.75, 3.05) is 19.8 Å². The molecule has 1 rings (SSSR count). The average molecular weight is 200 g/mol. The summed E-state index contributed by atoms with van der Waals surface area (Å²) in [6, 6.07) is 0.187. The van der Waals surface area contributed by atoms with Crippen LogP contribution in [0.1, 0.15) is 26.7 Å². The van der Waals surface area contributed by atoms with Gasteiger partial charge in [-0.3, -0.25) is 9.69 Å². The lowest BCUT2D eigenvalue weighted by atomic mass is 10.1. The van der Waals surface area contributed by atoms with Crippen LogP contribution in [0.15, 0.2) is 0 Å². The van der Waals surface area contributed by atoms with E-state index in [-0.39, 0.29) is 11.9 Å². The van der Waals surface area contributed by atoms with Gasteiger partial charge in [0.2, 0.25) is 5.91 Å². The number of carbonyl (C=O) groups excluding carboxylic acids is 1. The Balaban J connectivity index is 2.57. The molecule has 0 spiro atoms. The number of primary amides is 1. The lowest BCUT2D eigenvalue weighted by molar-refractivity contribution is -0.131. The molecule has 82 valence electrons. The fourth-order valence-electron chi connectivity index (χ4n) is 1.97. The van der Waals surface area contributed by atoms with Gasteiger partial charge in [-0.15, -0.1) is 0 Å². The summed E-state index contributed by atoms with van der Waals surface area (Å²) in [5.41, 5.74) is 5.33. The maximum absolute atomic E-state index is 11.2. The second-order valence-corrected chi connectivity index (χ2v) is 3.87. The summed E-state index contributed by atoms with van der Waals surface area (Å²) in [5, 5.41) is 0. The van der Waals surface area contributed by atoms with Crippen molar-refractivity contribution in [3.8, 4) is 0 Å². The molecule has 0 unspecified atom stereocenters. The first kappa shape index (κ1) is 11.5. The van der Waals surface area contributed by atoms with Crippen LogP contribution in [0, 0.1) is 0 Å². The maximum Gasteiger partial charge on any atom is 0.237 e.